The van der Waals surface area contributed by atoms with Crippen LogP contribution in [-0.4, -0.2) is 60.3 Å². The largest absolute Gasteiger partial charge is 1.00 e. The second kappa shape index (κ2) is 14.4. The summed E-state index contributed by atoms with van der Waals surface area (Å²) in [6.07, 6.45) is 12.1. The van der Waals surface area contributed by atoms with Gasteiger partial charge < -0.3 is 42.9 Å². The second-order valence-corrected chi connectivity index (χ2v) is 7.28. The first-order valence-corrected chi connectivity index (χ1v) is 8.69. The van der Waals surface area contributed by atoms with Gasteiger partial charge in [-0.15, -0.1) is 0 Å². The molecule has 0 heterocycles. The number of nitrogens with zero attached hydrogens (tertiary/aromatic N) is 2. The number of halogens is 2. The van der Waals surface area contributed by atoms with Gasteiger partial charge in [0.2, 0.25) is 0 Å². The first kappa shape index (κ1) is 30.1. The van der Waals surface area contributed by atoms with E-state index in [2.05, 4.69) is 53.3 Å². The van der Waals surface area contributed by atoms with Crippen LogP contribution in [-0.2, 0) is 0 Å². The molecule has 0 unspecified atom stereocenters. The molecule has 4 heteroatoms. The van der Waals surface area contributed by atoms with Gasteiger partial charge in [-0.05, 0) is 50.3 Å². The van der Waals surface area contributed by atoms with Gasteiger partial charge in [-0.25, -0.2) is 0 Å². The Kier molecular flexibility index (Phi) is 16.6. The molecule has 0 saturated carbocycles. The minimum atomic E-state index is 0. The third-order valence-corrected chi connectivity index (χ3v) is 4.99. The Bertz CT molecular complexity index is 414. The number of rotatable bonds is 15. The van der Waals surface area contributed by atoms with E-state index in [1.165, 1.54) is 0 Å². The fraction of sp³-hybridized carbons (Fsp3) is 0.455. The summed E-state index contributed by atoms with van der Waals surface area (Å²) in [7, 11) is 0. The predicted octanol–water partition coefficient (Wildman–Crippen LogP) is -1.48. The maximum Gasteiger partial charge on any atom is 0.144 e. The maximum atomic E-state index is 3.99. The van der Waals surface area contributed by atoms with Crippen molar-refractivity contribution in [3.05, 3.63) is 75.9 Å². The van der Waals surface area contributed by atoms with Crippen molar-refractivity contribution in [3.63, 3.8) is 0 Å². The molecule has 0 amide bonds. The summed E-state index contributed by atoms with van der Waals surface area (Å²) in [5.41, 5.74) is 0.00556. The molecule has 0 aromatic rings. The fourth-order valence-electron chi connectivity index (χ4n) is 3.92. The molecule has 0 rings (SSSR count). The number of hydrogen-bond acceptors (Lipinski definition) is 0. The van der Waals surface area contributed by atoms with Crippen molar-refractivity contribution in [2.75, 3.05) is 45.8 Å². The highest BCUT2D eigenvalue weighted by molar-refractivity contribution is 4.86. The lowest BCUT2D eigenvalue weighted by Gasteiger charge is -2.52. The van der Waals surface area contributed by atoms with E-state index in [4.69, 9.17) is 0 Å². The van der Waals surface area contributed by atoms with Gasteiger partial charge in [0.05, 0.1) is 39.3 Å². The smallest absolute Gasteiger partial charge is 0.144 e. The molecule has 26 heavy (non-hydrogen) atoms. The monoisotopic (exact) mass is 488 g/mol. The zero-order chi connectivity index (χ0) is 18.7. The van der Waals surface area contributed by atoms with Crippen molar-refractivity contribution < 1.29 is 42.9 Å². The Morgan fingerprint density at radius 3 is 1.08 bits per heavy atom. The van der Waals surface area contributed by atoms with Gasteiger partial charge in [-0.3, -0.25) is 0 Å². The third-order valence-electron chi connectivity index (χ3n) is 4.99. The molecule has 0 atom stereocenters. The van der Waals surface area contributed by atoms with Crippen LogP contribution in [0, 0.1) is 0 Å². The van der Waals surface area contributed by atoms with Gasteiger partial charge in [0.15, 0.2) is 0 Å². The van der Waals surface area contributed by atoms with Crippen molar-refractivity contribution in [1.29, 1.82) is 0 Å². The van der Waals surface area contributed by atoms with Crippen LogP contribution in [0.25, 0.3) is 0 Å². The van der Waals surface area contributed by atoms with Crippen LogP contribution < -0.4 is 34.0 Å². The highest BCUT2D eigenvalue weighted by Crippen LogP contribution is 2.29. The first-order valence-electron chi connectivity index (χ1n) is 8.69. The highest BCUT2D eigenvalue weighted by atomic mass is 79.9. The zero-order valence-electron chi connectivity index (χ0n) is 16.8. The number of quaternary nitrogens is 2. The van der Waals surface area contributed by atoms with Gasteiger partial charge in [-0.2, -0.15) is 0 Å². The Labute approximate surface area is 183 Å². The summed E-state index contributed by atoms with van der Waals surface area (Å²) in [4.78, 5) is 0. The summed E-state index contributed by atoms with van der Waals surface area (Å²) < 4.78 is 1.75. The van der Waals surface area contributed by atoms with Crippen LogP contribution in [0.1, 0.15) is 13.8 Å². The number of hydrogen-bond donors (Lipinski definition) is 0. The first-order chi connectivity index (χ1) is 11.3. The fourth-order valence-corrected chi connectivity index (χ4v) is 3.92. The SMILES string of the molecule is C=CC[N+](CC=C)(CC=C)CC(C)(C)[N+](CC=C)(CC=C)CC=C.[Br-].[Br-]. The standard InChI is InChI=1S/C22H38N2.2BrH/c1-9-15-23(16-10-2,17-11-3)21-22(7,8)24(18-12-4,19-13-5)20-14-6;;/h9-14H,1-6,15-21H2,7-8H3;2*1H/q+2;;/p-2. The van der Waals surface area contributed by atoms with Gasteiger partial charge in [0, 0.05) is 0 Å². The Balaban J connectivity index is -0.00000264. The zero-order valence-corrected chi connectivity index (χ0v) is 20.0. The lowest BCUT2D eigenvalue weighted by molar-refractivity contribution is -1.00. The Hall–Kier alpha value is -0.680. The summed E-state index contributed by atoms with van der Waals surface area (Å²) >= 11 is 0. The van der Waals surface area contributed by atoms with Gasteiger partial charge in [0.1, 0.15) is 12.1 Å². The Morgan fingerprint density at radius 1 is 0.577 bits per heavy atom. The lowest BCUT2D eigenvalue weighted by Crippen LogP contribution is -3.00. The van der Waals surface area contributed by atoms with Crippen LogP contribution >= 0.6 is 0 Å². The maximum absolute atomic E-state index is 3.99. The van der Waals surface area contributed by atoms with Gasteiger partial charge in [0.25, 0.3) is 0 Å². The molecule has 0 radical (unpaired) electrons. The van der Waals surface area contributed by atoms with E-state index >= 15 is 0 Å². The molecule has 0 bridgehead atoms. The second-order valence-electron chi connectivity index (χ2n) is 7.28. The lowest BCUT2D eigenvalue weighted by atomic mass is 9.94. The van der Waals surface area contributed by atoms with Crippen LogP contribution in [0.2, 0.25) is 0 Å². The van der Waals surface area contributed by atoms with Crippen LogP contribution in [0.4, 0.5) is 0 Å². The molecule has 0 spiro atoms. The van der Waals surface area contributed by atoms with Crippen molar-refractivity contribution in [2.45, 2.75) is 19.4 Å². The molecule has 0 saturated heterocycles. The molecule has 150 valence electrons. The van der Waals surface area contributed by atoms with Crippen LogP contribution in [0.15, 0.2) is 75.9 Å². The minimum absolute atomic E-state index is 0. The van der Waals surface area contributed by atoms with Crippen molar-refractivity contribution in [3.8, 4) is 0 Å². The predicted molar refractivity (Wildman–Crippen MR) is 110 cm³/mol. The van der Waals surface area contributed by atoms with E-state index in [0.29, 0.717) is 0 Å². The molecule has 0 aromatic carbocycles. The summed E-state index contributed by atoms with van der Waals surface area (Å²) in [6, 6.07) is 0. The summed E-state index contributed by atoms with van der Waals surface area (Å²) in [5, 5.41) is 0. The molecule has 0 N–H and O–H groups in total. The molecule has 0 aliphatic heterocycles. The highest BCUT2D eigenvalue weighted by Gasteiger charge is 2.47. The normalized spacial score (nSPS) is 11.3. The molecule has 0 aromatic heterocycles. The van der Waals surface area contributed by atoms with E-state index in [-0.39, 0.29) is 39.5 Å². The average Bonchev–Trinajstić information content (AvgIpc) is 2.48. The molecule has 0 aliphatic rings. The summed E-state index contributed by atoms with van der Waals surface area (Å²) in [6.45, 7) is 34.9. The van der Waals surface area contributed by atoms with E-state index in [0.717, 1.165) is 54.8 Å². The van der Waals surface area contributed by atoms with Crippen molar-refractivity contribution in [2.24, 2.45) is 0 Å². The molecule has 0 fully saturated rings. The minimum Gasteiger partial charge on any atom is -1.00 e. The molecule has 0 aliphatic carbocycles. The quantitative estimate of drug-likeness (QED) is 0.194. The molecular weight excluding hydrogens is 452 g/mol. The van der Waals surface area contributed by atoms with Crippen molar-refractivity contribution >= 4 is 0 Å². The van der Waals surface area contributed by atoms with Crippen LogP contribution in [0.5, 0.6) is 0 Å². The van der Waals surface area contributed by atoms with Gasteiger partial charge in [-0.1, -0.05) is 39.5 Å². The molecule has 2 nitrogen and oxygen atoms in total. The van der Waals surface area contributed by atoms with E-state index in [1.807, 2.05) is 36.5 Å². The van der Waals surface area contributed by atoms with Gasteiger partial charge >= 0.3 is 0 Å². The van der Waals surface area contributed by atoms with Crippen LogP contribution in [0.3, 0.4) is 0 Å². The summed E-state index contributed by atoms with van der Waals surface area (Å²) in [5.74, 6) is 0. The average molecular weight is 490 g/mol. The Morgan fingerprint density at radius 2 is 0.846 bits per heavy atom. The topological polar surface area (TPSA) is 0 Å². The van der Waals surface area contributed by atoms with E-state index in [9.17, 15) is 0 Å². The molecular formula is C22H38Br2N2. The van der Waals surface area contributed by atoms with E-state index < -0.39 is 0 Å². The third kappa shape index (κ3) is 7.91. The van der Waals surface area contributed by atoms with Crippen molar-refractivity contribution in [1.82, 2.24) is 0 Å². The van der Waals surface area contributed by atoms with E-state index in [1.54, 1.807) is 0 Å².